The molecule has 6 aromatic carbocycles. The van der Waals surface area contributed by atoms with Crippen LogP contribution in [0.3, 0.4) is 0 Å². The molecule has 1 N–H and O–H groups in total. The molecule has 0 aliphatic heterocycles. The van der Waals surface area contributed by atoms with Crippen molar-refractivity contribution < 1.29 is 39.5 Å². The first-order valence-corrected chi connectivity index (χ1v) is 19.8. The van der Waals surface area contributed by atoms with Crippen molar-refractivity contribution in [2.75, 3.05) is 0 Å². The van der Waals surface area contributed by atoms with E-state index in [1.165, 1.54) is 6.08 Å². The van der Waals surface area contributed by atoms with Crippen LogP contribution in [0.25, 0.3) is 55.0 Å². The minimum atomic E-state index is -0.417. The Labute approximate surface area is 365 Å². The maximum absolute atomic E-state index is 11.5. The van der Waals surface area contributed by atoms with Crippen molar-refractivity contribution in [1.82, 2.24) is 30.0 Å². The summed E-state index contributed by atoms with van der Waals surface area (Å²) in [6.45, 7) is 19.2. The van der Waals surface area contributed by atoms with Gasteiger partial charge in [0.25, 0.3) is 0 Å². The number of aliphatic hydroxyl groups excluding tert-OH is 1. The second kappa shape index (κ2) is 19.0. The van der Waals surface area contributed by atoms with E-state index >= 15 is 0 Å². The van der Waals surface area contributed by atoms with Gasteiger partial charge < -0.3 is 14.6 Å². The molecule has 8 rings (SSSR count). The van der Waals surface area contributed by atoms with Gasteiger partial charge in [0.2, 0.25) is 0 Å². The maximum Gasteiger partial charge on any atom is 0.164 e. The molecular weight excluding hydrogens is 929 g/mol. The van der Waals surface area contributed by atoms with Crippen LogP contribution in [-0.4, -0.2) is 53.1 Å². The average Bonchev–Trinajstić information content (AvgIpc) is 3.82. The third-order valence-electron chi connectivity index (χ3n) is 9.05. The molecule has 8 aromatic rings. The zero-order valence-corrected chi connectivity index (χ0v) is 38.2. The van der Waals surface area contributed by atoms with Gasteiger partial charge in [-0.3, -0.25) is 4.79 Å². The van der Waals surface area contributed by atoms with Crippen LogP contribution < -0.4 is 9.47 Å². The molecule has 60 heavy (non-hydrogen) atoms. The number of nitrogens with zero attached hydrogens (tertiary/aromatic N) is 6. The van der Waals surface area contributed by atoms with E-state index in [1.807, 2.05) is 178 Å². The Balaban J connectivity index is 0.000000177. The van der Waals surface area contributed by atoms with E-state index < -0.39 is 5.41 Å². The smallest absolute Gasteiger partial charge is 0.164 e. The molecule has 0 saturated heterocycles. The Morgan fingerprint density at radius 3 is 1.18 bits per heavy atom. The van der Waals surface area contributed by atoms with Crippen molar-refractivity contribution in [3.63, 3.8) is 0 Å². The van der Waals surface area contributed by atoms with Crippen molar-refractivity contribution in [2.45, 2.75) is 81.4 Å². The molecule has 11 heteroatoms. The summed E-state index contributed by atoms with van der Waals surface area (Å²) >= 11 is 0. The van der Waals surface area contributed by atoms with E-state index in [-0.39, 0.29) is 49.3 Å². The number of rotatable bonds is 7. The molecule has 0 saturated carbocycles. The number of ketones is 1. The molecular formula is C49H52IrN6O4-2. The van der Waals surface area contributed by atoms with Gasteiger partial charge in [0.15, 0.2) is 5.78 Å². The van der Waals surface area contributed by atoms with Crippen molar-refractivity contribution in [1.29, 1.82) is 0 Å². The summed E-state index contributed by atoms with van der Waals surface area (Å²) in [6.07, 6.45) is 1.56. The largest absolute Gasteiger partial charge is 0.548 e. The standard InChI is InChI=1S/2C19H16N3O.C11H20O2.Ir/c2*1-13(2)23-19-12-11-18(14-7-3-4-8-15(14)19)22-20-16-9-5-6-10-17(16)21-22;1-10(2,3)8(12)7-9(13)11(4,5)6;/h2*3-10,12-13H,1-2H3;7,12H,1-6H3;/q2*-1;;/b;;8-7-;. The number of hydrogen-bond acceptors (Lipinski definition) is 8. The Bertz CT molecular complexity index is 2530. The summed E-state index contributed by atoms with van der Waals surface area (Å²) in [5, 5.41) is 31.9. The van der Waals surface area contributed by atoms with Gasteiger partial charge in [-0.15, -0.1) is 24.3 Å². The number of fused-ring (bicyclic) bond motifs is 4. The quantitative estimate of drug-likeness (QED) is 0.0953. The molecule has 10 nitrogen and oxygen atoms in total. The van der Waals surface area contributed by atoms with Gasteiger partial charge in [0.05, 0.1) is 12.2 Å². The van der Waals surface area contributed by atoms with Crippen LogP contribution in [0.15, 0.2) is 121 Å². The van der Waals surface area contributed by atoms with E-state index in [1.54, 1.807) is 9.59 Å². The van der Waals surface area contributed by atoms with Gasteiger partial charge in [-0.25, -0.2) is 0 Å². The first-order valence-electron chi connectivity index (χ1n) is 19.8. The van der Waals surface area contributed by atoms with Crippen LogP contribution in [0.5, 0.6) is 11.5 Å². The van der Waals surface area contributed by atoms with Crippen molar-refractivity contribution in [2.24, 2.45) is 10.8 Å². The number of benzene rings is 6. The number of hydrogen-bond donors (Lipinski definition) is 1. The molecule has 0 spiro atoms. The molecule has 313 valence electrons. The monoisotopic (exact) mass is 981 g/mol. The normalized spacial score (nSPS) is 11.9. The minimum Gasteiger partial charge on any atom is -0.548 e. The summed E-state index contributed by atoms with van der Waals surface area (Å²) in [4.78, 5) is 14.8. The molecule has 2 aromatic heterocycles. The summed E-state index contributed by atoms with van der Waals surface area (Å²) in [6, 6.07) is 42.2. The van der Waals surface area contributed by atoms with E-state index in [2.05, 4.69) is 32.5 Å². The number of allylic oxidation sites excluding steroid dienone is 2. The third kappa shape index (κ3) is 10.8. The number of aromatic nitrogens is 6. The molecule has 0 amide bonds. The van der Waals surface area contributed by atoms with Crippen LogP contribution in [0, 0.1) is 23.0 Å². The van der Waals surface area contributed by atoms with Crippen LogP contribution in [0.2, 0.25) is 0 Å². The fourth-order valence-electron chi connectivity index (χ4n) is 5.90. The molecule has 1 radical (unpaired) electrons. The van der Waals surface area contributed by atoms with Crippen molar-refractivity contribution >= 4 is 49.4 Å². The number of carbonyl (C=O) groups excluding carboxylic acids is 1. The van der Waals surface area contributed by atoms with Gasteiger partial charge in [0, 0.05) is 48.5 Å². The predicted molar refractivity (Wildman–Crippen MR) is 237 cm³/mol. The summed E-state index contributed by atoms with van der Waals surface area (Å²) in [7, 11) is 0. The van der Waals surface area contributed by atoms with E-state index in [0.29, 0.717) is 0 Å². The van der Waals surface area contributed by atoms with Gasteiger partial charge in [0.1, 0.15) is 27.8 Å². The SMILES string of the molecule is CC(C)(C)C(=O)/C=C(\O)C(C)(C)C.CC(C)Oc1c[c-]c(-n2nc3ccccc3n2)c2ccccc12.CC(C)Oc1c[c-]c(-n2nc3ccccc3n2)c2ccccc12.[Ir]. The minimum absolute atomic E-state index is 0. The van der Waals surface area contributed by atoms with Crippen molar-refractivity contribution in [3.05, 3.63) is 133 Å². The van der Waals surface area contributed by atoms with Crippen LogP contribution in [0.4, 0.5) is 0 Å². The van der Waals surface area contributed by atoms with E-state index in [0.717, 1.165) is 66.5 Å². The van der Waals surface area contributed by atoms with Gasteiger partial charge in [-0.05, 0) is 63.3 Å². The summed E-state index contributed by atoms with van der Waals surface area (Å²) in [5.41, 5.74) is 4.36. The van der Waals surface area contributed by atoms with Gasteiger partial charge >= 0.3 is 0 Å². The molecule has 0 bridgehead atoms. The van der Waals surface area contributed by atoms with Crippen LogP contribution in [-0.2, 0) is 24.9 Å². The molecule has 0 unspecified atom stereocenters. The van der Waals surface area contributed by atoms with Crippen LogP contribution in [0.1, 0.15) is 69.2 Å². The van der Waals surface area contributed by atoms with E-state index in [4.69, 9.17) is 9.47 Å². The molecule has 0 atom stereocenters. The fourth-order valence-corrected chi connectivity index (χ4v) is 5.90. The first kappa shape index (κ1) is 45.2. The Kier molecular flexibility index (Phi) is 14.3. The van der Waals surface area contributed by atoms with Crippen molar-refractivity contribution in [3.8, 4) is 22.9 Å². The zero-order chi connectivity index (χ0) is 42.5. The van der Waals surface area contributed by atoms with Crippen LogP contribution >= 0.6 is 0 Å². The number of ether oxygens (including phenoxy) is 2. The third-order valence-corrected chi connectivity index (χ3v) is 9.05. The Morgan fingerprint density at radius 1 is 0.567 bits per heavy atom. The summed E-state index contributed by atoms with van der Waals surface area (Å²) < 4.78 is 11.8. The Morgan fingerprint density at radius 2 is 0.883 bits per heavy atom. The summed E-state index contributed by atoms with van der Waals surface area (Å²) in [5.74, 6) is 1.76. The molecule has 0 aliphatic carbocycles. The fraction of sp³-hybridized carbons (Fsp3) is 0.286. The number of carbonyl (C=O) groups is 1. The first-order chi connectivity index (χ1) is 28.0. The second-order valence-corrected chi connectivity index (χ2v) is 16.8. The topological polar surface area (TPSA) is 117 Å². The number of aliphatic hydroxyl groups is 1. The van der Waals surface area contributed by atoms with E-state index in [9.17, 15) is 9.90 Å². The maximum atomic E-state index is 11.5. The van der Waals surface area contributed by atoms with Gasteiger partial charge in [-0.1, -0.05) is 124 Å². The Hall–Kier alpha value is -5.90. The average molecular weight is 981 g/mol. The molecule has 2 heterocycles. The second-order valence-electron chi connectivity index (χ2n) is 16.8. The molecule has 0 aliphatic rings. The van der Waals surface area contributed by atoms with Gasteiger partial charge in [-0.2, -0.15) is 42.1 Å². The predicted octanol–water partition coefficient (Wildman–Crippen LogP) is 11.4. The molecule has 0 fully saturated rings. The zero-order valence-electron chi connectivity index (χ0n) is 35.8.